The van der Waals surface area contributed by atoms with E-state index < -0.39 is 11.7 Å². The van der Waals surface area contributed by atoms with Crippen molar-refractivity contribution in [3.8, 4) is 5.88 Å². The molecular weight excluding hydrogens is 326 g/mol. The van der Waals surface area contributed by atoms with Crippen molar-refractivity contribution in [1.82, 2.24) is 4.98 Å². The van der Waals surface area contributed by atoms with Crippen molar-refractivity contribution in [2.75, 3.05) is 5.32 Å². The number of hydrogen-bond acceptors (Lipinski definition) is 3. The van der Waals surface area contributed by atoms with Gasteiger partial charge in [-0.25, -0.2) is 13.8 Å². The number of hydrogen-bond donors (Lipinski definition) is 1. The Bertz CT molecular complexity index is 883. The van der Waals surface area contributed by atoms with Crippen molar-refractivity contribution < 1.29 is 18.3 Å². The van der Waals surface area contributed by atoms with Gasteiger partial charge in [0.25, 0.3) is 5.91 Å². The molecule has 4 nitrogen and oxygen atoms in total. The van der Waals surface area contributed by atoms with Gasteiger partial charge in [-0.2, -0.15) is 0 Å². The average molecular weight is 340 g/mol. The minimum Gasteiger partial charge on any atom is -0.473 e. The fraction of sp³-hybridized carbons (Fsp3) is 0.0526. The van der Waals surface area contributed by atoms with Gasteiger partial charge >= 0.3 is 0 Å². The van der Waals surface area contributed by atoms with Crippen LogP contribution in [0.5, 0.6) is 5.88 Å². The number of pyridine rings is 1. The van der Waals surface area contributed by atoms with E-state index in [4.69, 9.17) is 4.74 Å². The van der Waals surface area contributed by atoms with E-state index >= 15 is 0 Å². The SMILES string of the molecule is O=C(Nc1cccc(F)c1)c1ccc(OCc2cccc(F)c2)nc1. The number of carbonyl (C=O) groups is 1. The predicted octanol–water partition coefficient (Wildman–Crippen LogP) is 4.19. The van der Waals surface area contributed by atoms with Crippen molar-refractivity contribution >= 4 is 11.6 Å². The van der Waals surface area contributed by atoms with E-state index in [-0.39, 0.29) is 12.4 Å². The predicted molar refractivity (Wildman–Crippen MR) is 89.3 cm³/mol. The molecule has 3 rings (SSSR count). The Morgan fingerprint density at radius 3 is 2.44 bits per heavy atom. The molecule has 1 N–H and O–H groups in total. The minimum absolute atomic E-state index is 0.166. The topological polar surface area (TPSA) is 51.2 Å². The summed E-state index contributed by atoms with van der Waals surface area (Å²) >= 11 is 0. The zero-order valence-electron chi connectivity index (χ0n) is 13.1. The molecule has 6 heteroatoms. The van der Waals surface area contributed by atoms with E-state index in [0.717, 1.165) is 0 Å². The number of benzene rings is 2. The molecule has 0 saturated heterocycles. The largest absolute Gasteiger partial charge is 0.473 e. The highest BCUT2D eigenvalue weighted by Gasteiger charge is 2.08. The van der Waals surface area contributed by atoms with Crippen LogP contribution in [0.3, 0.4) is 0 Å². The van der Waals surface area contributed by atoms with Gasteiger partial charge in [0.1, 0.15) is 18.2 Å². The summed E-state index contributed by atoms with van der Waals surface area (Å²) in [5.74, 6) is -0.864. The highest BCUT2D eigenvalue weighted by atomic mass is 19.1. The molecule has 2 aromatic carbocycles. The zero-order chi connectivity index (χ0) is 17.6. The molecule has 0 aliphatic heterocycles. The molecule has 0 radical (unpaired) electrons. The van der Waals surface area contributed by atoms with Gasteiger partial charge in [0.15, 0.2) is 0 Å². The molecule has 0 bridgehead atoms. The third kappa shape index (κ3) is 4.60. The van der Waals surface area contributed by atoms with Crippen LogP contribution in [0.4, 0.5) is 14.5 Å². The van der Waals surface area contributed by atoms with Gasteiger partial charge in [-0.1, -0.05) is 18.2 Å². The number of halogens is 2. The second-order valence-corrected chi connectivity index (χ2v) is 5.27. The first-order chi connectivity index (χ1) is 12.1. The molecule has 1 amide bonds. The molecule has 0 fully saturated rings. The van der Waals surface area contributed by atoms with Crippen molar-refractivity contribution in [2.24, 2.45) is 0 Å². The lowest BCUT2D eigenvalue weighted by Gasteiger charge is -2.07. The summed E-state index contributed by atoms with van der Waals surface area (Å²) in [6.07, 6.45) is 1.36. The van der Waals surface area contributed by atoms with Gasteiger partial charge < -0.3 is 10.1 Å². The highest BCUT2D eigenvalue weighted by Crippen LogP contribution is 2.14. The van der Waals surface area contributed by atoms with Crippen LogP contribution in [0, 0.1) is 11.6 Å². The van der Waals surface area contributed by atoms with Gasteiger partial charge in [-0.15, -0.1) is 0 Å². The van der Waals surface area contributed by atoms with Crippen LogP contribution in [0.1, 0.15) is 15.9 Å². The summed E-state index contributed by atoms with van der Waals surface area (Å²) in [7, 11) is 0. The van der Waals surface area contributed by atoms with Crippen LogP contribution in [0.25, 0.3) is 0 Å². The molecule has 0 atom stereocenters. The first-order valence-electron chi connectivity index (χ1n) is 7.50. The number of rotatable bonds is 5. The number of nitrogens with zero attached hydrogens (tertiary/aromatic N) is 1. The Morgan fingerprint density at radius 2 is 1.76 bits per heavy atom. The van der Waals surface area contributed by atoms with Crippen LogP contribution < -0.4 is 10.1 Å². The number of ether oxygens (including phenoxy) is 1. The first kappa shape index (κ1) is 16.6. The summed E-state index contributed by atoms with van der Waals surface area (Å²) in [4.78, 5) is 16.1. The van der Waals surface area contributed by atoms with Crippen molar-refractivity contribution in [2.45, 2.75) is 6.61 Å². The normalized spacial score (nSPS) is 10.3. The molecule has 126 valence electrons. The number of nitrogens with one attached hydrogen (secondary N) is 1. The van der Waals surface area contributed by atoms with Crippen molar-refractivity contribution in [1.29, 1.82) is 0 Å². The number of aromatic nitrogens is 1. The third-order valence-electron chi connectivity index (χ3n) is 3.36. The molecule has 1 aromatic heterocycles. The van der Waals surface area contributed by atoms with Gasteiger partial charge in [0, 0.05) is 18.0 Å². The molecule has 3 aromatic rings. The highest BCUT2D eigenvalue weighted by molar-refractivity contribution is 6.04. The fourth-order valence-corrected chi connectivity index (χ4v) is 2.15. The van der Waals surface area contributed by atoms with E-state index in [1.165, 1.54) is 36.5 Å². The Balaban J connectivity index is 1.60. The van der Waals surface area contributed by atoms with Gasteiger partial charge in [-0.3, -0.25) is 4.79 Å². The van der Waals surface area contributed by atoms with Crippen LogP contribution in [0.2, 0.25) is 0 Å². The van der Waals surface area contributed by atoms with Crippen LogP contribution in [0.15, 0.2) is 66.9 Å². The molecule has 0 spiro atoms. The van der Waals surface area contributed by atoms with Crippen LogP contribution in [-0.2, 0) is 6.61 Å². The smallest absolute Gasteiger partial charge is 0.257 e. The van der Waals surface area contributed by atoms with Crippen LogP contribution >= 0.6 is 0 Å². The summed E-state index contributed by atoms with van der Waals surface area (Å²) in [6.45, 7) is 0.166. The number of amides is 1. The Morgan fingerprint density at radius 1 is 1.00 bits per heavy atom. The molecule has 0 aliphatic rings. The van der Waals surface area contributed by atoms with Crippen LogP contribution in [-0.4, -0.2) is 10.9 Å². The molecule has 0 aliphatic carbocycles. The Kier molecular flexibility index (Phi) is 4.99. The maximum atomic E-state index is 13.1. The summed E-state index contributed by atoms with van der Waals surface area (Å²) in [5.41, 5.74) is 1.34. The van der Waals surface area contributed by atoms with Crippen molar-refractivity contribution in [3.63, 3.8) is 0 Å². The molecule has 0 unspecified atom stereocenters. The van der Waals surface area contributed by atoms with E-state index in [2.05, 4.69) is 10.3 Å². The monoisotopic (exact) mass is 340 g/mol. The lowest BCUT2D eigenvalue weighted by Crippen LogP contribution is -2.12. The van der Waals surface area contributed by atoms with E-state index in [9.17, 15) is 13.6 Å². The lowest BCUT2D eigenvalue weighted by atomic mass is 10.2. The molecular formula is C19H14F2N2O2. The van der Waals surface area contributed by atoms with Gasteiger partial charge in [0.2, 0.25) is 5.88 Å². The van der Waals surface area contributed by atoms with E-state index in [0.29, 0.717) is 22.7 Å². The standard InChI is InChI=1S/C19H14F2N2O2/c20-15-4-1-3-13(9-15)12-25-18-8-7-14(11-22-18)19(24)23-17-6-2-5-16(21)10-17/h1-11H,12H2,(H,23,24). The zero-order valence-corrected chi connectivity index (χ0v) is 13.1. The number of anilines is 1. The second-order valence-electron chi connectivity index (χ2n) is 5.27. The van der Waals surface area contributed by atoms with E-state index in [1.54, 1.807) is 30.3 Å². The first-order valence-corrected chi connectivity index (χ1v) is 7.50. The lowest BCUT2D eigenvalue weighted by molar-refractivity contribution is 0.102. The molecule has 1 heterocycles. The fourth-order valence-electron chi connectivity index (χ4n) is 2.15. The summed E-state index contributed by atoms with van der Waals surface area (Å²) < 4.78 is 31.7. The summed E-state index contributed by atoms with van der Waals surface area (Å²) in [5, 5.41) is 2.58. The van der Waals surface area contributed by atoms with Gasteiger partial charge in [0.05, 0.1) is 5.56 Å². The Labute approximate surface area is 143 Å². The number of carbonyl (C=O) groups excluding carboxylic acids is 1. The minimum atomic E-state index is -0.433. The second kappa shape index (κ2) is 7.53. The Hall–Kier alpha value is -3.28. The molecule has 25 heavy (non-hydrogen) atoms. The summed E-state index contributed by atoms with van der Waals surface area (Å²) in [6, 6.07) is 14.8. The maximum absolute atomic E-state index is 13.1. The van der Waals surface area contributed by atoms with Gasteiger partial charge in [-0.05, 0) is 42.0 Å². The molecule has 0 saturated carbocycles. The van der Waals surface area contributed by atoms with E-state index in [1.807, 2.05) is 0 Å². The maximum Gasteiger partial charge on any atom is 0.257 e. The third-order valence-corrected chi connectivity index (χ3v) is 3.36. The quantitative estimate of drug-likeness (QED) is 0.758. The van der Waals surface area contributed by atoms with Crippen molar-refractivity contribution in [3.05, 3.63) is 89.6 Å². The average Bonchev–Trinajstić information content (AvgIpc) is 2.60.